The van der Waals surface area contributed by atoms with E-state index in [1.807, 2.05) is 31.2 Å². The third-order valence-corrected chi connectivity index (χ3v) is 3.88. The normalized spacial score (nSPS) is 30.9. The monoisotopic (exact) mass is 326 g/mol. The zero-order valence-corrected chi connectivity index (χ0v) is 12.8. The van der Waals surface area contributed by atoms with Gasteiger partial charge in [0.2, 0.25) is 6.29 Å². The average Bonchev–Trinajstić information content (AvgIpc) is 2.56. The topological polar surface area (TPSA) is 116 Å². The molecule has 7 nitrogen and oxygen atoms in total. The molecule has 23 heavy (non-hydrogen) atoms. The maximum absolute atomic E-state index is 11.9. The van der Waals surface area contributed by atoms with Gasteiger partial charge in [-0.2, -0.15) is 0 Å². The van der Waals surface area contributed by atoms with Gasteiger partial charge in [0.1, 0.15) is 24.4 Å². The number of aliphatic hydroxyl groups excluding tert-OH is 4. The summed E-state index contributed by atoms with van der Waals surface area (Å²) < 4.78 is 10.1. The molecule has 1 heterocycles. The molecular formula is C16H22O7. The first-order valence-electron chi connectivity index (χ1n) is 7.54. The van der Waals surface area contributed by atoms with Gasteiger partial charge in [-0.1, -0.05) is 31.2 Å². The van der Waals surface area contributed by atoms with Crippen LogP contribution in [0.15, 0.2) is 24.3 Å². The highest BCUT2D eigenvalue weighted by molar-refractivity contribution is 5.72. The Morgan fingerprint density at radius 2 is 1.70 bits per heavy atom. The van der Waals surface area contributed by atoms with Gasteiger partial charge in [-0.15, -0.1) is 0 Å². The summed E-state index contributed by atoms with van der Waals surface area (Å²) >= 11 is 0. The number of carbonyl (C=O) groups is 1. The summed E-state index contributed by atoms with van der Waals surface area (Å²) in [6.45, 7) is 1.46. The minimum absolute atomic E-state index is 0.0149. The molecule has 4 N–H and O–H groups in total. The fourth-order valence-corrected chi connectivity index (χ4v) is 2.40. The molecule has 5 unspecified atom stereocenters. The predicted molar refractivity (Wildman–Crippen MR) is 79.4 cm³/mol. The lowest BCUT2D eigenvalue weighted by Gasteiger charge is -2.39. The molecular weight excluding hydrogens is 304 g/mol. The molecule has 1 saturated heterocycles. The fourth-order valence-electron chi connectivity index (χ4n) is 2.40. The van der Waals surface area contributed by atoms with Crippen molar-refractivity contribution in [3.05, 3.63) is 35.4 Å². The van der Waals surface area contributed by atoms with E-state index in [4.69, 9.17) is 14.6 Å². The number of rotatable bonds is 5. The van der Waals surface area contributed by atoms with Crippen LogP contribution in [0.1, 0.15) is 18.1 Å². The van der Waals surface area contributed by atoms with Crippen molar-refractivity contribution < 1.29 is 34.7 Å². The van der Waals surface area contributed by atoms with Crippen LogP contribution in [-0.4, -0.2) is 63.7 Å². The van der Waals surface area contributed by atoms with Gasteiger partial charge in [0, 0.05) is 0 Å². The van der Waals surface area contributed by atoms with Crippen molar-refractivity contribution in [2.24, 2.45) is 0 Å². The van der Waals surface area contributed by atoms with E-state index in [-0.39, 0.29) is 6.42 Å². The van der Waals surface area contributed by atoms with Crippen molar-refractivity contribution in [2.45, 2.75) is 50.5 Å². The van der Waals surface area contributed by atoms with Crippen LogP contribution < -0.4 is 0 Å². The summed E-state index contributed by atoms with van der Waals surface area (Å²) in [4.78, 5) is 11.9. The number of carbonyl (C=O) groups excluding carboxylic acids is 1. The number of aliphatic hydroxyl groups is 4. The van der Waals surface area contributed by atoms with Crippen LogP contribution >= 0.6 is 0 Å². The molecule has 7 heteroatoms. The van der Waals surface area contributed by atoms with E-state index in [2.05, 4.69) is 0 Å². The molecule has 0 radical (unpaired) electrons. The summed E-state index contributed by atoms with van der Waals surface area (Å²) in [5, 5.41) is 38.2. The molecule has 0 aromatic heterocycles. The number of benzene rings is 1. The zero-order valence-electron chi connectivity index (χ0n) is 12.8. The maximum atomic E-state index is 11.9. The summed E-state index contributed by atoms with van der Waals surface area (Å²) in [5.74, 6) is -0.640. The minimum atomic E-state index is -1.58. The van der Waals surface area contributed by atoms with Crippen molar-refractivity contribution in [1.29, 1.82) is 0 Å². The van der Waals surface area contributed by atoms with Crippen molar-refractivity contribution in [1.82, 2.24) is 0 Å². The molecule has 128 valence electrons. The van der Waals surface area contributed by atoms with E-state index in [1.54, 1.807) is 0 Å². The van der Waals surface area contributed by atoms with Crippen LogP contribution in [0.3, 0.4) is 0 Å². The SMILES string of the molecule is CCc1ccc(CC(=O)OC2OC(CO)C(O)C(O)C2O)cc1. The van der Waals surface area contributed by atoms with Gasteiger partial charge in [-0.05, 0) is 17.5 Å². The highest BCUT2D eigenvalue weighted by atomic mass is 16.7. The lowest BCUT2D eigenvalue weighted by Crippen LogP contribution is -2.59. The number of hydrogen-bond donors (Lipinski definition) is 4. The molecule has 0 spiro atoms. The Kier molecular flexibility index (Phi) is 6.09. The van der Waals surface area contributed by atoms with Gasteiger partial charge in [-0.25, -0.2) is 0 Å². The number of aryl methyl sites for hydroxylation is 1. The van der Waals surface area contributed by atoms with E-state index >= 15 is 0 Å². The second-order valence-electron chi connectivity index (χ2n) is 5.53. The van der Waals surface area contributed by atoms with Crippen molar-refractivity contribution >= 4 is 5.97 Å². The summed E-state index contributed by atoms with van der Waals surface area (Å²) in [6, 6.07) is 7.45. The van der Waals surface area contributed by atoms with Crippen LogP contribution in [-0.2, 0) is 27.1 Å². The second kappa shape index (κ2) is 7.85. The summed E-state index contributed by atoms with van der Waals surface area (Å²) in [6.07, 6.45) is -6.29. The minimum Gasteiger partial charge on any atom is -0.432 e. The van der Waals surface area contributed by atoms with E-state index in [9.17, 15) is 20.1 Å². The molecule has 1 aliphatic rings. The fraction of sp³-hybridized carbons (Fsp3) is 0.562. The first-order chi connectivity index (χ1) is 11.0. The van der Waals surface area contributed by atoms with Gasteiger partial charge in [0.15, 0.2) is 0 Å². The smallest absolute Gasteiger partial charge is 0.312 e. The largest absolute Gasteiger partial charge is 0.432 e. The number of ether oxygens (including phenoxy) is 2. The molecule has 0 bridgehead atoms. The van der Waals surface area contributed by atoms with E-state index < -0.39 is 43.3 Å². The van der Waals surface area contributed by atoms with Crippen LogP contribution in [0.25, 0.3) is 0 Å². The van der Waals surface area contributed by atoms with Crippen molar-refractivity contribution in [3.8, 4) is 0 Å². The Bertz CT molecular complexity index is 514. The van der Waals surface area contributed by atoms with Crippen LogP contribution in [0.2, 0.25) is 0 Å². The van der Waals surface area contributed by atoms with Gasteiger partial charge < -0.3 is 29.9 Å². The summed E-state index contributed by atoms with van der Waals surface area (Å²) in [7, 11) is 0. The molecule has 2 rings (SSSR count). The molecule has 1 aliphatic heterocycles. The summed E-state index contributed by atoms with van der Waals surface area (Å²) in [5.41, 5.74) is 1.90. The standard InChI is InChI=1S/C16H22O7/c1-2-9-3-5-10(6-4-9)7-12(18)23-16-15(21)14(20)13(19)11(8-17)22-16/h3-6,11,13-17,19-21H,2,7-8H2,1H3. The molecule has 1 aromatic rings. The lowest BCUT2D eigenvalue weighted by atomic mass is 9.99. The van der Waals surface area contributed by atoms with Gasteiger partial charge >= 0.3 is 5.97 Å². The Morgan fingerprint density at radius 1 is 1.09 bits per heavy atom. The number of hydrogen-bond acceptors (Lipinski definition) is 7. The van der Waals surface area contributed by atoms with Crippen molar-refractivity contribution in [2.75, 3.05) is 6.61 Å². The molecule has 0 saturated carbocycles. The Morgan fingerprint density at radius 3 is 2.26 bits per heavy atom. The highest BCUT2D eigenvalue weighted by Gasteiger charge is 2.45. The van der Waals surface area contributed by atoms with Gasteiger partial charge in [0.05, 0.1) is 13.0 Å². The molecule has 0 aliphatic carbocycles. The van der Waals surface area contributed by atoms with Crippen LogP contribution in [0.4, 0.5) is 0 Å². The first kappa shape index (κ1) is 17.8. The Hall–Kier alpha value is -1.51. The first-order valence-corrected chi connectivity index (χ1v) is 7.54. The molecule has 1 fully saturated rings. The van der Waals surface area contributed by atoms with Crippen LogP contribution in [0.5, 0.6) is 0 Å². The molecule has 0 amide bonds. The third-order valence-electron chi connectivity index (χ3n) is 3.88. The molecule has 5 atom stereocenters. The highest BCUT2D eigenvalue weighted by Crippen LogP contribution is 2.22. The Balaban J connectivity index is 1.95. The second-order valence-corrected chi connectivity index (χ2v) is 5.53. The average molecular weight is 326 g/mol. The third kappa shape index (κ3) is 4.27. The lowest BCUT2D eigenvalue weighted by molar-refractivity contribution is -0.292. The van der Waals surface area contributed by atoms with Gasteiger partial charge in [0.25, 0.3) is 0 Å². The van der Waals surface area contributed by atoms with E-state index in [0.29, 0.717) is 0 Å². The quantitative estimate of drug-likeness (QED) is 0.520. The zero-order chi connectivity index (χ0) is 17.0. The number of esters is 1. The predicted octanol–water partition coefficient (Wildman–Crippen LogP) is -0.865. The Labute approximate surface area is 134 Å². The van der Waals surface area contributed by atoms with E-state index in [1.165, 1.54) is 0 Å². The van der Waals surface area contributed by atoms with Crippen molar-refractivity contribution in [3.63, 3.8) is 0 Å². The van der Waals surface area contributed by atoms with Crippen LogP contribution in [0, 0.1) is 0 Å². The van der Waals surface area contributed by atoms with E-state index in [0.717, 1.165) is 17.5 Å². The van der Waals surface area contributed by atoms with Gasteiger partial charge in [-0.3, -0.25) is 4.79 Å². The molecule has 1 aromatic carbocycles. The maximum Gasteiger partial charge on any atom is 0.312 e.